The van der Waals surface area contributed by atoms with Gasteiger partial charge < -0.3 is 14.1 Å². The SMILES string of the molecule is C[C@]1(c2ccccc2)OC[C@@H]2C/C(=C/c3ccco3)C(=O)N21. The number of amides is 1. The normalized spacial score (nSPS) is 29.3. The van der Waals surface area contributed by atoms with E-state index in [1.807, 2.05) is 60.4 Å². The number of benzene rings is 1. The largest absolute Gasteiger partial charge is 0.465 e. The summed E-state index contributed by atoms with van der Waals surface area (Å²) in [5.74, 6) is 0.747. The molecule has 22 heavy (non-hydrogen) atoms. The Morgan fingerprint density at radius 1 is 1.23 bits per heavy atom. The summed E-state index contributed by atoms with van der Waals surface area (Å²) in [5.41, 5.74) is 1.09. The maximum atomic E-state index is 12.8. The van der Waals surface area contributed by atoms with Gasteiger partial charge in [-0.05, 0) is 25.1 Å². The van der Waals surface area contributed by atoms with Crippen molar-refractivity contribution in [2.45, 2.75) is 25.1 Å². The lowest BCUT2D eigenvalue weighted by Crippen LogP contribution is -2.43. The van der Waals surface area contributed by atoms with Crippen molar-refractivity contribution in [3.05, 3.63) is 65.6 Å². The van der Waals surface area contributed by atoms with Gasteiger partial charge in [-0.25, -0.2) is 0 Å². The third kappa shape index (κ3) is 1.91. The van der Waals surface area contributed by atoms with Crippen LogP contribution >= 0.6 is 0 Å². The number of nitrogens with zero attached hydrogens (tertiary/aromatic N) is 1. The van der Waals surface area contributed by atoms with Crippen molar-refractivity contribution < 1.29 is 13.9 Å². The molecule has 2 saturated heterocycles. The number of hydrogen-bond donors (Lipinski definition) is 0. The molecule has 4 heteroatoms. The second-order valence-electron chi connectivity index (χ2n) is 5.88. The van der Waals surface area contributed by atoms with Gasteiger partial charge in [0.15, 0.2) is 5.72 Å². The summed E-state index contributed by atoms with van der Waals surface area (Å²) < 4.78 is 11.3. The van der Waals surface area contributed by atoms with E-state index in [0.717, 1.165) is 11.1 Å². The summed E-state index contributed by atoms with van der Waals surface area (Å²) >= 11 is 0. The highest BCUT2D eigenvalue weighted by atomic mass is 16.5. The fourth-order valence-corrected chi connectivity index (χ4v) is 3.39. The molecule has 3 heterocycles. The van der Waals surface area contributed by atoms with E-state index in [9.17, 15) is 4.79 Å². The Labute approximate surface area is 129 Å². The molecule has 4 nitrogen and oxygen atoms in total. The molecule has 1 amide bonds. The molecule has 2 aliphatic rings. The van der Waals surface area contributed by atoms with Crippen molar-refractivity contribution in [2.75, 3.05) is 6.61 Å². The summed E-state index contributed by atoms with van der Waals surface area (Å²) in [4.78, 5) is 14.7. The van der Waals surface area contributed by atoms with E-state index in [4.69, 9.17) is 9.15 Å². The molecule has 0 bridgehead atoms. The predicted octanol–water partition coefficient (Wildman–Crippen LogP) is 3.17. The number of carbonyl (C=O) groups is 1. The summed E-state index contributed by atoms with van der Waals surface area (Å²) in [6.07, 6.45) is 4.15. The topological polar surface area (TPSA) is 42.7 Å². The van der Waals surface area contributed by atoms with E-state index >= 15 is 0 Å². The molecular weight excluding hydrogens is 278 g/mol. The summed E-state index contributed by atoms with van der Waals surface area (Å²) in [7, 11) is 0. The fourth-order valence-electron chi connectivity index (χ4n) is 3.39. The molecule has 0 radical (unpaired) electrons. The highest BCUT2D eigenvalue weighted by Gasteiger charge is 2.52. The smallest absolute Gasteiger partial charge is 0.252 e. The van der Waals surface area contributed by atoms with Gasteiger partial charge in [0.2, 0.25) is 0 Å². The Kier molecular flexibility index (Phi) is 2.94. The Morgan fingerprint density at radius 3 is 2.77 bits per heavy atom. The number of ether oxygens (including phenoxy) is 1. The maximum Gasteiger partial charge on any atom is 0.252 e. The van der Waals surface area contributed by atoms with E-state index < -0.39 is 5.72 Å². The molecular formula is C18H17NO3. The van der Waals surface area contributed by atoms with Crippen molar-refractivity contribution in [1.82, 2.24) is 4.90 Å². The summed E-state index contributed by atoms with van der Waals surface area (Å²) in [6.45, 7) is 2.53. The maximum absolute atomic E-state index is 12.8. The van der Waals surface area contributed by atoms with Gasteiger partial charge in [-0.3, -0.25) is 4.79 Å². The van der Waals surface area contributed by atoms with Gasteiger partial charge in [-0.2, -0.15) is 0 Å². The fraction of sp³-hybridized carbons (Fsp3) is 0.278. The lowest BCUT2D eigenvalue weighted by atomic mass is 10.0. The van der Waals surface area contributed by atoms with Crippen molar-refractivity contribution >= 4 is 12.0 Å². The van der Waals surface area contributed by atoms with Crippen LogP contribution < -0.4 is 0 Å². The third-order valence-corrected chi connectivity index (χ3v) is 4.50. The first-order valence-corrected chi connectivity index (χ1v) is 7.46. The van der Waals surface area contributed by atoms with Gasteiger partial charge in [0.05, 0.1) is 18.9 Å². The van der Waals surface area contributed by atoms with Gasteiger partial charge in [0.1, 0.15) is 5.76 Å². The number of rotatable bonds is 2. The Hall–Kier alpha value is -2.33. The zero-order chi connectivity index (χ0) is 15.2. The minimum atomic E-state index is -0.693. The number of carbonyl (C=O) groups excluding carboxylic acids is 1. The second kappa shape index (κ2) is 4.85. The standard InChI is InChI=1S/C18H17NO3/c1-18(14-6-3-2-4-7-14)19-15(12-22-18)10-13(17(19)20)11-16-8-5-9-21-16/h2-9,11,15H,10,12H2,1H3/b13-11-/t15-,18+/m0/s1. The van der Waals surface area contributed by atoms with E-state index in [1.165, 1.54) is 0 Å². The van der Waals surface area contributed by atoms with Crippen LogP contribution in [0.3, 0.4) is 0 Å². The first-order chi connectivity index (χ1) is 10.7. The highest BCUT2D eigenvalue weighted by molar-refractivity contribution is 6.00. The third-order valence-electron chi connectivity index (χ3n) is 4.50. The van der Waals surface area contributed by atoms with Crippen LogP contribution in [0.2, 0.25) is 0 Å². The van der Waals surface area contributed by atoms with E-state index in [1.54, 1.807) is 6.26 Å². The van der Waals surface area contributed by atoms with Crippen molar-refractivity contribution in [2.24, 2.45) is 0 Å². The summed E-state index contributed by atoms with van der Waals surface area (Å²) in [5, 5.41) is 0. The van der Waals surface area contributed by atoms with E-state index in [2.05, 4.69) is 0 Å². The first-order valence-electron chi connectivity index (χ1n) is 7.46. The van der Waals surface area contributed by atoms with Crippen LogP contribution in [0, 0.1) is 0 Å². The predicted molar refractivity (Wildman–Crippen MR) is 81.7 cm³/mol. The number of furan rings is 1. The van der Waals surface area contributed by atoms with Crippen molar-refractivity contribution in [1.29, 1.82) is 0 Å². The Morgan fingerprint density at radius 2 is 2.05 bits per heavy atom. The molecule has 2 fully saturated rings. The number of hydrogen-bond acceptors (Lipinski definition) is 3. The van der Waals surface area contributed by atoms with Gasteiger partial charge in [0, 0.05) is 17.6 Å². The molecule has 4 rings (SSSR count). The molecule has 0 saturated carbocycles. The highest BCUT2D eigenvalue weighted by Crippen LogP contribution is 2.44. The lowest BCUT2D eigenvalue weighted by molar-refractivity contribution is -0.142. The molecule has 112 valence electrons. The van der Waals surface area contributed by atoms with Crippen molar-refractivity contribution in [3.8, 4) is 0 Å². The molecule has 0 unspecified atom stereocenters. The summed E-state index contributed by atoms with van der Waals surface area (Å²) in [6, 6.07) is 13.7. The van der Waals surface area contributed by atoms with Crippen molar-refractivity contribution in [3.63, 3.8) is 0 Å². The van der Waals surface area contributed by atoms with Gasteiger partial charge in [0.25, 0.3) is 5.91 Å². The minimum absolute atomic E-state index is 0.0326. The van der Waals surface area contributed by atoms with Crippen LogP contribution in [-0.4, -0.2) is 23.5 Å². The average Bonchev–Trinajstić information content (AvgIpc) is 3.23. The zero-order valence-electron chi connectivity index (χ0n) is 12.4. The Balaban J connectivity index is 1.70. The van der Waals surface area contributed by atoms with E-state index in [-0.39, 0.29) is 11.9 Å². The van der Waals surface area contributed by atoms with Crippen LogP contribution in [0.5, 0.6) is 0 Å². The Bertz CT molecular complexity index is 720. The molecule has 0 spiro atoms. The zero-order valence-corrected chi connectivity index (χ0v) is 12.4. The molecule has 2 aromatic rings. The first kappa shape index (κ1) is 13.3. The molecule has 1 aromatic carbocycles. The van der Waals surface area contributed by atoms with Crippen LogP contribution in [0.15, 0.2) is 58.7 Å². The minimum Gasteiger partial charge on any atom is -0.465 e. The number of fused-ring (bicyclic) bond motifs is 1. The second-order valence-corrected chi connectivity index (χ2v) is 5.88. The van der Waals surface area contributed by atoms with Crippen LogP contribution in [0.4, 0.5) is 0 Å². The quantitative estimate of drug-likeness (QED) is 0.799. The van der Waals surface area contributed by atoms with Gasteiger partial charge >= 0.3 is 0 Å². The van der Waals surface area contributed by atoms with E-state index in [0.29, 0.717) is 18.8 Å². The molecule has 1 aromatic heterocycles. The van der Waals surface area contributed by atoms with Gasteiger partial charge in [-0.1, -0.05) is 30.3 Å². The monoisotopic (exact) mass is 295 g/mol. The molecule has 2 atom stereocenters. The molecule has 0 N–H and O–H groups in total. The lowest BCUT2D eigenvalue weighted by Gasteiger charge is -2.33. The molecule has 0 aliphatic carbocycles. The van der Waals surface area contributed by atoms with Crippen LogP contribution in [-0.2, 0) is 15.3 Å². The van der Waals surface area contributed by atoms with Gasteiger partial charge in [-0.15, -0.1) is 0 Å². The van der Waals surface area contributed by atoms with Crippen LogP contribution in [0.1, 0.15) is 24.7 Å². The molecule has 2 aliphatic heterocycles. The van der Waals surface area contributed by atoms with Crippen LogP contribution in [0.25, 0.3) is 6.08 Å². The average molecular weight is 295 g/mol.